The van der Waals surface area contributed by atoms with E-state index < -0.39 is 10.8 Å². The van der Waals surface area contributed by atoms with Crippen LogP contribution in [0.2, 0.25) is 5.02 Å². The van der Waals surface area contributed by atoms with Gasteiger partial charge < -0.3 is 14.4 Å². The molecule has 220 valence electrons. The summed E-state index contributed by atoms with van der Waals surface area (Å²) >= 11 is 6.81. The van der Waals surface area contributed by atoms with Crippen LogP contribution in [0.3, 0.4) is 0 Å². The lowest BCUT2D eigenvalue weighted by Crippen LogP contribution is -2.38. The van der Waals surface area contributed by atoms with Crippen LogP contribution in [0, 0.1) is 10.1 Å². The highest BCUT2D eigenvalue weighted by molar-refractivity contribution is 6.32. The van der Waals surface area contributed by atoms with Gasteiger partial charge in [0.1, 0.15) is 6.61 Å². The first-order valence-electron chi connectivity index (χ1n) is 14.4. The van der Waals surface area contributed by atoms with Crippen molar-refractivity contribution in [2.24, 2.45) is 0 Å². The molecular formula is C34H31ClN2O6. The Balaban J connectivity index is 1.42. The first-order chi connectivity index (χ1) is 20.9. The Morgan fingerprint density at radius 3 is 2.16 bits per heavy atom. The number of hydrogen-bond acceptors (Lipinski definition) is 7. The van der Waals surface area contributed by atoms with E-state index in [1.165, 1.54) is 19.2 Å². The van der Waals surface area contributed by atoms with Crippen molar-refractivity contribution in [2.45, 2.75) is 57.6 Å². The molecule has 0 aromatic heterocycles. The zero-order valence-electron chi connectivity index (χ0n) is 23.8. The number of Topliss-reactive ketones (excluding diaryl/α,β-unsaturated/α-hetero) is 2. The van der Waals surface area contributed by atoms with Crippen LogP contribution in [0.1, 0.15) is 61.1 Å². The number of non-ortho nitro benzene ring substituents is 1. The molecule has 0 N–H and O–H groups in total. The lowest BCUT2D eigenvalue weighted by Gasteiger charge is -2.44. The van der Waals surface area contributed by atoms with Gasteiger partial charge in [0, 0.05) is 60.0 Å². The van der Waals surface area contributed by atoms with Crippen LogP contribution in [0.4, 0.5) is 5.69 Å². The van der Waals surface area contributed by atoms with Gasteiger partial charge >= 0.3 is 0 Å². The van der Waals surface area contributed by atoms with Crippen LogP contribution in [0.5, 0.6) is 11.5 Å². The van der Waals surface area contributed by atoms with Crippen molar-refractivity contribution in [3.05, 3.63) is 121 Å². The summed E-state index contributed by atoms with van der Waals surface area (Å²) in [5, 5.41) is 11.5. The number of nitro groups is 1. The summed E-state index contributed by atoms with van der Waals surface area (Å²) in [5.41, 5.74) is 5.70. The number of rotatable bonds is 8. The fourth-order valence-corrected chi connectivity index (χ4v) is 6.74. The average molecular weight is 599 g/mol. The Kier molecular flexibility index (Phi) is 8.04. The van der Waals surface area contributed by atoms with Gasteiger partial charge in [0.25, 0.3) is 5.69 Å². The van der Waals surface area contributed by atoms with E-state index >= 15 is 0 Å². The van der Waals surface area contributed by atoms with Gasteiger partial charge in [-0.25, -0.2) is 0 Å². The number of ether oxygens (including phenoxy) is 2. The molecule has 0 spiro atoms. The molecule has 9 heteroatoms. The highest BCUT2D eigenvalue weighted by Gasteiger charge is 2.43. The average Bonchev–Trinajstić information content (AvgIpc) is 3.01. The third kappa shape index (κ3) is 5.55. The number of carbonyl (C=O) groups excluding carboxylic acids is 2. The first kappa shape index (κ1) is 28.7. The minimum Gasteiger partial charge on any atom is -0.493 e. The highest BCUT2D eigenvalue weighted by atomic mass is 35.5. The lowest BCUT2D eigenvalue weighted by molar-refractivity contribution is -0.384. The number of nitrogens with zero attached hydrogens (tertiary/aromatic N) is 2. The Hall–Kier alpha value is -4.43. The number of allylic oxidation sites excluding steroid dienone is 4. The maximum Gasteiger partial charge on any atom is 0.269 e. The maximum atomic E-state index is 13.7. The van der Waals surface area contributed by atoms with Gasteiger partial charge in [-0.3, -0.25) is 19.7 Å². The molecule has 0 fully saturated rings. The molecule has 3 aromatic rings. The van der Waals surface area contributed by atoms with Crippen molar-refractivity contribution >= 4 is 28.9 Å². The zero-order valence-corrected chi connectivity index (χ0v) is 24.6. The van der Waals surface area contributed by atoms with E-state index in [1.807, 2.05) is 18.2 Å². The fraction of sp³-hybridized carbons (Fsp3) is 0.294. The molecular weight excluding hydrogens is 568 g/mol. The summed E-state index contributed by atoms with van der Waals surface area (Å²) in [7, 11) is 1.51. The van der Waals surface area contributed by atoms with Crippen molar-refractivity contribution < 1.29 is 24.0 Å². The molecule has 1 heterocycles. The normalized spacial score (nSPS) is 17.1. The van der Waals surface area contributed by atoms with Crippen LogP contribution >= 0.6 is 11.6 Å². The fourth-order valence-electron chi connectivity index (χ4n) is 6.47. The van der Waals surface area contributed by atoms with Crippen molar-refractivity contribution in [1.82, 2.24) is 4.90 Å². The van der Waals surface area contributed by atoms with Crippen molar-refractivity contribution in [3.63, 3.8) is 0 Å². The quantitative estimate of drug-likeness (QED) is 0.196. The molecule has 0 unspecified atom stereocenters. The van der Waals surface area contributed by atoms with E-state index in [-0.39, 0.29) is 34.6 Å². The summed E-state index contributed by atoms with van der Waals surface area (Å²) in [4.78, 5) is 40.3. The minimum atomic E-state index is -0.546. The number of carbonyl (C=O) groups is 2. The zero-order chi connectivity index (χ0) is 30.1. The second-order valence-corrected chi connectivity index (χ2v) is 11.4. The molecule has 0 saturated heterocycles. The molecule has 6 rings (SSSR count). The molecule has 8 nitrogen and oxygen atoms in total. The summed E-state index contributed by atoms with van der Waals surface area (Å²) in [5.74, 6) is 0.199. The number of halogens is 1. The number of nitro benzene ring substituents is 1. The molecule has 2 aliphatic carbocycles. The van der Waals surface area contributed by atoms with Crippen molar-refractivity contribution in [3.8, 4) is 11.5 Å². The molecule has 1 aliphatic heterocycles. The SMILES string of the molecule is COc1cc(C2C3=C(CCCC3=O)N(Cc3ccccc3)C3=C2C(=O)CCC3)cc(Cl)c1OCc1cccc([N+](=O)[O-])c1. The molecule has 43 heavy (non-hydrogen) atoms. The predicted molar refractivity (Wildman–Crippen MR) is 162 cm³/mol. The third-order valence-corrected chi connectivity index (χ3v) is 8.64. The van der Waals surface area contributed by atoms with Gasteiger partial charge in [0.15, 0.2) is 23.1 Å². The molecule has 0 amide bonds. The van der Waals surface area contributed by atoms with Crippen LogP contribution in [0.15, 0.2) is 89.3 Å². The Morgan fingerprint density at radius 1 is 0.884 bits per heavy atom. The smallest absolute Gasteiger partial charge is 0.269 e. The summed E-state index contributed by atoms with van der Waals surface area (Å²) in [6.45, 7) is 0.636. The van der Waals surface area contributed by atoms with Gasteiger partial charge in [-0.1, -0.05) is 54.1 Å². The van der Waals surface area contributed by atoms with Crippen molar-refractivity contribution in [1.29, 1.82) is 0 Å². The monoisotopic (exact) mass is 598 g/mol. The van der Waals surface area contributed by atoms with Gasteiger partial charge in [-0.05, 0) is 54.5 Å². The predicted octanol–water partition coefficient (Wildman–Crippen LogP) is 7.45. The van der Waals surface area contributed by atoms with Crippen LogP contribution in [-0.2, 0) is 22.7 Å². The van der Waals surface area contributed by atoms with E-state index in [4.69, 9.17) is 21.1 Å². The Labute approximate surface area is 254 Å². The molecule has 0 radical (unpaired) electrons. The van der Waals surface area contributed by atoms with Crippen LogP contribution < -0.4 is 9.47 Å². The topological polar surface area (TPSA) is 99.0 Å². The molecule has 0 atom stereocenters. The van der Waals surface area contributed by atoms with Crippen molar-refractivity contribution in [2.75, 3.05) is 7.11 Å². The maximum absolute atomic E-state index is 13.7. The second kappa shape index (κ2) is 12.1. The number of methoxy groups -OCH3 is 1. The molecule has 0 bridgehead atoms. The molecule has 3 aromatic carbocycles. The minimum absolute atomic E-state index is 0.0319. The van der Waals surface area contributed by atoms with Gasteiger partial charge in [-0.15, -0.1) is 0 Å². The van der Waals surface area contributed by atoms with Crippen LogP contribution in [0.25, 0.3) is 0 Å². The van der Waals surface area contributed by atoms with E-state index in [2.05, 4.69) is 17.0 Å². The van der Waals surface area contributed by atoms with E-state index in [9.17, 15) is 19.7 Å². The largest absolute Gasteiger partial charge is 0.493 e. The van der Waals surface area contributed by atoms with Gasteiger partial charge in [-0.2, -0.15) is 0 Å². The Bertz CT molecular complexity index is 1640. The van der Waals surface area contributed by atoms with E-state index in [1.54, 1.807) is 24.3 Å². The number of ketones is 2. The molecule has 0 saturated carbocycles. The summed E-state index contributed by atoms with van der Waals surface area (Å²) < 4.78 is 11.7. The third-order valence-electron chi connectivity index (χ3n) is 8.36. The van der Waals surface area contributed by atoms with Gasteiger partial charge in [0.2, 0.25) is 0 Å². The van der Waals surface area contributed by atoms with E-state index in [0.29, 0.717) is 47.4 Å². The second-order valence-electron chi connectivity index (χ2n) is 11.0. The molecule has 3 aliphatic rings. The lowest BCUT2D eigenvalue weighted by atomic mass is 9.71. The summed E-state index contributed by atoms with van der Waals surface area (Å²) in [6, 6.07) is 19.9. The Morgan fingerprint density at radius 2 is 1.53 bits per heavy atom. The number of hydrogen-bond donors (Lipinski definition) is 0. The standard InChI is InChI=1S/C34H31ClN2O6/c1-42-30-18-23(17-25(35)34(30)43-20-22-10-5-11-24(16-22)37(40)41)31-32-26(12-6-14-28(32)38)36(19-21-8-3-2-4-9-21)27-13-7-15-29(39)33(27)31/h2-5,8-11,16-18,31H,6-7,12-15,19-20H2,1H3. The van der Waals surface area contributed by atoms with Crippen LogP contribution in [-0.4, -0.2) is 28.5 Å². The highest BCUT2D eigenvalue weighted by Crippen LogP contribution is 2.51. The first-order valence-corrected chi connectivity index (χ1v) is 14.8. The summed E-state index contributed by atoms with van der Waals surface area (Å²) in [6.07, 6.45) is 3.90. The number of benzene rings is 3. The van der Waals surface area contributed by atoms with E-state index in [0.717, 1.165) is 42.6 Å². The van der Waals surface area contributed by atoms with Gasteiger partial charge in [0.05, 0.1) is 17.1 Å².